The summed E-state index contributed by atoms with van der Waals surface area (Å²) < 4.78 is 7.42. The van der Waals surface area contributed by atoms with E-state index in [9.17, 15) is 0 Å². The molecule has 0 unspecified atom stereocenters. The summed E-state index contributed by atoms with van der Waals surface area (Å²) in [4.78, 5) is 7.78. The molecule has 0 atom stereocenters. The van der Waals surface area contributed by atoms with Gasteiger partial charge in [0.25, 0.3) is 0 Å². The van der Waals surface area contributed by atoms with E-state index in [1.54, 1.807) is 0 Å². The Morgan fingerprint density at radius 3 is 1.63 bits per heavy atom. The molecular formula is C76H84BN3O. The summed E-state index contributed by atoms with van der Waals surface area (Å²) in [7, 11) is 0. The maximum atomic E-state index is 7.42. The van der Waals surface area contributed by atoms with Crippen molar-refractivity contribution >= 4 is 63.1 Å². The van der Waals surface area contributed by atoms with Crippen molar-refractivity contribution in [3.63, 3.8) is 0 Å². The van der Waals surface area contributed by atoms with Gasteiger partial charge in [0.05, 0.1) is 6.54 Å². The van der Waals surface area contributed by atoms with Gasteiger partial charge in [0, 0.05) is 51.4 Å². The number of hydrogen-bond donors (Lipinski definition) is 0. The number of nitrogens with zero attached hydrogens (tertiary/aromatic N) is 3. The first kappa shape index (κ1) is 54.4. The maximum absolute atomic E-state index is 7.42. The van der Waals surface area contributed by atoms with Crippen LogP contribution in [0.4, 0.5) is 34.3 Å². The minimum atomic E-state index is -0.176. The lowest BCUT2D eigenvalue weighted by Crippen LogP contribution is -2.63. The van der Waals surface area contributed by atoms with E-state index in [-0.39, 0.29) is 39.3 Å². The van der Waals surface area contributed by atoms with Crippen molar-refractivity contribution in [1.29, 1.82) is 0 Å². The first-order valence-corrected chi connectivity index (χ1v) is 29.9. The van der Waals surface area contributed by atoms with E-state index in [2.05, 4.69) is 295 Å². The molecule has 412 valence electrons. The van der Waals surface area contributed by atoms with Crippen LogP contribution >= 0.6 is 0 Å². The summed E-state index contributed by atoms with van der Waals surface area (Å²) in [5.41, 5.74) is 25.2. The summed E-state index contributed by atoms with van der Waals surface area (Å²) in [5, 5.41) is 1.16. The van der Waals surface area contributed by atoms with Gasteiger partial charge >= 0.3 is 6.85 Å². The van der Waals surface area contributed by atoms with Crippen LogP contribution in [0.15, 0.2) is 174 Å². The minimum absolute atomic E-state index is 0.0159. The minimum Gasteiger partial charge on any atom is -0.441 e. The largest absolute Gasteiger partial charge is 0.441 e. The molecule has 9 aromatic rings. The SMILES string of the molecule is CC(C)(C)c1ccc(N(c2ccc(C(C)(C)C)cc2)c2ccc3c(c2)N(Cc2ccc4c(c2)C(C)(C)CCC4(C)C)B2c4c-3cc(C(C)(C)C)cc4N(Cc3ccc(C(C)(C)C)cc3-c3ccccc3)c3oc4ccccc4c32)cc1. The number of para-hydroxylation sites is 1. The topological polar surface area (TPSA) is 22.9 Å². The summed E-state index contributed by atoms with van der Waals surface area (Å²) in [6, 6.07) is 65.4. The number of anilines is 6. The number of fused-ring (bicyclic) bond motifs is 7. The van der Waals surface area contributed by atoms with Crippen molar-refractivity contribution in [3.8, 4) is 22.3 Å². The standard InChI is InChI=1S/C76H84BN3O/c1-71(2,3)52-29-33-56(34-30-52)80(57-35-31-53(32-36-57)72(4,5)6)58-37-38-59-62-44-55(74(10,11)12)45-66-68(62)77(79(65(59)46-58)47-49-26-39-63-64(42-49)76(15,16)41-40-75(63,13)14)69-60-24-20-21-25-67(60)81-70(69)78(66)48-51-27-28-54(73(7,8)9)43-61(51)50-22-18-17-19-23-50/h17-39,42-46H,40-41,47-48H2,1-16H3. The third-order valence-electron chi connectivity index (χ3n) is 18.5. The Morgan fingerprint density at radius 1 is 0.457 bits per heavy atom. The molecule has 0 N–H and O–H groups in total. The predicted octanol–water partition coefficient (Wildman–Crippen LogP) is 19.6. The Hall–Kier alpha value is -7.24. The van der Waals surface area contributed by atoms with Crippen LogP contribution in [0.1, 0.15) is 168 Å². The third-order valence-corrected chi connectivity index (χ3v) is 18.5. The van der Waals surface area contributed by atoms with Crippen molar-refractivity contribution < 1.29 is 4.42 Å². The Labute approximate surface area is 485 Å². The lowest BCUT2D eigenvalue weighted by atomic mass is 9.43. The fourth-order valence-electron chi connectivity index (χ4n) is 13.3. The third kappa shape index (κ3) is 9.71. The van der Waals surface area contributed by atoms with Crippen molar-refractivity contribution in [2.75, 3.05) is 14.6 Å². The summed E-state index contributed by atoms with van der Waals surface area (Å²) in [6.07, 6.45) is 2.35. The lowest BCUT2D eigenvalue weighted by Gasteiger charge is -2.46. The molecule has 0 saturated carbocycles. The Balaban J connectivity index is 1.13. The van der Waals surface area contributed by atoms with E-state index in [4.69, 9.17) is 4.42 Å². The highest BCUT2D eigenvalue weighted by atomic mass is 16.4. The molecule has 12 rings (SSSR count). The van der Waals surface area contributed by atoms with Crippen LogP contribution in [0.5, 0.6) is 0 Å². The van der Waals surface area contributed by atoms with E-state index < -0.39 is 0 Å². The normalized spacial score (nSPS) is 15.5. The highest BCUT2D eigenvalue weighted by molar-refractivity contribution is 6.94. The molecule has 4 nitrogen and oxygen atoms in total. The fourth-order valence-corrected chi connectivity index (χ4v) is 13.3. The molecule has 0 saturated heterocycles. The zero-order valence-electron chi connectivity index (χ0n) is 51.3. The van der Waals surface area contributed by atoms with Gasteiger partial charge in [-0.25, -0.2) is 0 Å². The predicted molar refractivity (Wildman–Crippen MR) is 348 cm³/mol. The van der Waals surface area contributed by atoms with E-state index in [1.165, 1.54) is 95.5 Å². The molecule has 0 spiro atoms. The highest BCUT2D eigenvalue weighted by Gasteiger charge is 2.48. The summed E-state index contributed by atoms with van der Waals surface area (Å²) in [5.74, 6) is 0.919. The summed E-state index contributed by atoms with van der Waals surface area (Å²) >= 11 is 0. The fraction of sp³-hybridized carbons (Fsp3) is 0.342. The molecule has 1 aromatic heterocycles. The second kappa shape index (κ2) is 19.2. The molecule has 0 fully saturated rings. The first-order chi connectivity index (χ1) is 38.2. The van der Waals surface area contributed by atoms with Gasteiger partial charge in [-0.1, -0.05) is 232 Å². The number of furan rings is 1. The zero-order chi connectivity index (χ0) is 57.3. The molecule has 0 bridgehead atoms. The molecule has 81 heavy (non-hydrogen) atoms. The van der Waals surface area contributed by atoms with Crippen LogP contribution in [0.2, 0.25) is 0 Å². The van der Waals surface area contributed by atoms with Crippen molar-refractivity contribution in [2.45, 2.75) is 169 Å². The maximum Gasteiger partial charge on any atom is 0.332 e. The van der Waals surface area contributed by atoms with Crippen LogP contribution in [0.25, 0.3) is 33.2 Å². The van der Waals surface area contributed by atoms with E-state index >= 15 is 0 Å². The van der Waals surface area contributed by atoms with Gasteiger partial charge in [-0.05, 0) is 161 Å². The average Bonchev–Trinajstić information content (AvgIpc) is 3.57. The van der Waals surface area contributed by atoms with Crippen LogP contribution in [0, 0.1) is 0 Å². The van der Waals surface area contributed by atoms with Crippen LogP contribution in [-0.4, -0.2) is 6.85 Å². The van der Waals surface area contributed by atoms with Gasteiger partial charge in [-0.2, -0.15) is 0 Å². The van der Waals surface area contributed by atoms with E-state index in [1.807, 2.05) is 0 Å². The second-order valence-corrected chi connectivity index (χ2v) is 29.4. The Kier molecular flexibility index (Phi) is 12.9. The Morgan fingerprint density at radius 2 is 1.01 bits per heavy atom. The molecule has 1 aliphatic carbocycles. The molecule has 8 aromatic carbocycles. The second-order valence-electron chi connectivity index (χ2n) is 29.4. The molecule has 5 heteroatoms. The van der Waals surface area contributed by atoms with Crippen molar-refractivity contribution in [2.24, 2.45) is 0 Å². The quantitative estimate of drug-likeness (QED) is 0.141. The average molecular weight is 1070 g/mol. The molecule has 3 heterocycles. The zero-order valence-corrected chi connectivity index (χ0v) is 51.3. The van der Waals surface area contributed by atoms with Gasteiger partial charge in [0.15, 0.2) is 5.88 Å². The van der Waals surface area contributed by atoms with Gasteiger partial charge in [0.1, 0.15) is 5.58 Å². The monoisotopic (exact) mass is 1070 g/mol. The van der Waals surface area contributed by atoms with E-state index in [0.717, 1.165) is 40.3 Å². The number of benzene rings is 8. The smallest absolute Gasteiger partial charge is 0.332 e. The molecule has 2 aliphatic heterocycles. The van der Waals surface area contributed by atoms with Crippen LogP contribution < -0.4 is 25.5 Å². The van der Waals surface area contributed by atoms with Gasteiger partial charge in [-0.15, -0.1) is 0 Å². The van der Waals surface area contributed by atoms with Gasteiger partial charge in [0.2, 0.25) is 0 Å². The molecule has 3 aliphatic rings. The lowest BCUT2D eigenvalue weighted by molar-refractivity contribution is 0.331. The van der Waals surface area contributed by atoms with Crippen LogP contribution in [0.3, 0.4) is 0 Å². The van der Waals surface area contributed by atoms with E-state index in [0.29, 0.717) is 13.1 Å². The van der Waals surface area contributed by atoms with Crippen molar-refractivity contribution in [3.05, 3.63) is 214 Å². The molecule has 0 amide bonds. The summed E-state index contributed by atoms with van der Waals surface area (Å²) in [6.45, 7) is 38.8. The Bertz CT molecular complexity index is 3810. The number of rotatable bonds is 8. The van der Waals surface area contributed by atoms with Crippen LogP contribution in [-0.2, 0) is 45.6 Å². The molecule has 0 radical (unpaired) electrons. The number of hydrogen-bond acceptors (Lipinski definition) is 4. The van der Waals surface area contributed by atoms with Gasteiger partial charge < -0.3 is 19.0 Å². The highest BCUT2D eigenvalue weighted by Crippen LogP contribution is 2.51. The molecular weight excluding hydrogens is 982 g/mol. The van der Waals surface area contributed by atoms with Gasteiger partial charge in [-0.3, -0.25) is 0 Å². The van der Waals surface area contributed by atoms with Crippen molar-refractivity contribution in [1.82, 2.24) is 0 Å². The first-order valence-electron chi connectivity index (χ1n) is 29.9.